The predicted molar refractivity (Wildman–Crippen MR) is 236 cm³/mol. The first-order chi connectivity index (χ1) is 27.1. The van der Waals surface area contributed by atoms with E-state index in [1.165, 1.54) is 110 Å². The average Bonchev–Trinajstić information content (AvgIpc) is 3.49. The Kier molecular flexibility index (Phi) is 7.00. The number of benzene rings is 10. The minimum absolute atomic E-state index is 0.116. The Morgan fingerprint density at radius 2 is 0.782 bits per heavy atom. The van der Waals surface area contributed by atoms with E-state index in [1.54, 1.807) is 0 Å². The van der Waals surface area contributed by atoms with Crippen LogP contribution in [0.2, 0.25) is 0 Å². The molecule has 0 heteroatoms. The Balaban J connectivity index is 1.08. The zero-order valence-electron chi connectivity index (χ0n) is 31.0. The first kappa shape index (κ1) is 31.7. The zero-order valence-corrected chi connectivity index (χ0v) is 31.0. The molecule has 0 nitrogen and oxygen atoms in total. The van der Waals surface area contributed by atoms with E-state index >= 15 is 0 Å². The van der Waals surface area contributed by atoms with Gasteiger partial charge in [-0.1, -0.05) is 202 Å². The third-order valence-corrected chi connectivity index (χ3v) is 12.2. The molecule has 0 N–H and O–H groups in total. The normalized spacial score (nSPS) is 13.1. The fourth-order valence-electron chi connectivity index (χ4n) is 9.75. The van der Waals surface area contributed by atoms with Crippen LogP contribution in [0.5, 0.6) is 0 Å². The molecule has 0 heterocycles. The molecule has 0 radical (unpaired) electrons. The smallest absolute Gasteiger partial charge is 0.0165 e. The van der Waals surface area contributed by atoms with Gasteiger partial charge in [0.05, 0.1) is 0 Å². The summed E-state index contributed by atoms with van der Waals surface area (Å²) < 4.78 is 0. The molecular formula is C55H38. The molecular weight excluding hydrogens is 661 g/mol. The first-order valence-electron chi connectivity index (χ1n) is 19.4. The number of hydrogen-bond donors (Lipinski definition) is 0. The molecule has 0 atom stereocenters. The van der Waals surface area contributed by atoms with E-state index in [0.717, 1.165) is 0 Å². The van der Waals surface area contributed by atoms with Crippen LogP contribution in [0.1, 0.15) is 25.0 Å². The third kappa shape index (κ3) is 4.78. The van der Waals surface area contributed by atoms with Gasteiger partial charge in [0.15, 0.2) is 0 Å². The van der Waals surface area contributed by atoms with E-state index in [9.17, 15) is 0 Å². The van der Waals surface area contributed by atoms with Crippen LogP contribution in [-0.4, -0.2) is 0 Å². The Morgan fingerprint density at radius 3 is 1.49 bits per heavy atom. The van der Waals surface area contributed by atoms with Gasteiger partial charge in [-0.2, -0.15) is 0 Å². The van der Waals surface area contributed by atoms with Crippen LogP contribution in [0.4, 0.5) is 0 Å². The summed E-state index contributed by atoms with van der Waals surface area (Å²) in [5.74, 6) is 0. The highest BCUT2D eigenvalue weighted by Gasteiger charge is 2.38. The lowest BCUT2D eigenvalue weighted by molar-refractivity contribution is 0.662. The van der Waals surface area contributed by atoms with Crippen LogP contribution in [0.25, 0.3) is 98.7 Å². The molecule has 0 aromatic heterocycles. The molecule has 11 rings (SSSR count). The monoisotopic (exact) mass is 698 g/mol. The number of rotatable bonds is 4. The standard InChI is InChI=1S/C55H38/c1-55(2)50-33-32-36-15-5-6-18-42(36)53(50)49-25-13-24-43(54(49)55)37-27-29-38(30-28-37)51-45-20-9-11-22-47(45)52(48-23-12-10-21-46(48)51)44-19-8-7-17-41(44)40-31-26-35-14-3-4-16-39(35)34-40/h3-34H,1-2H3. The molecule has 0 amide bonds. The summed E-state index contributed by atoms with van der Waals surface area (Å²) in [5, 5.41) is 10.2. The molecule has 10 aromatic rings. The van der Waals surface area contributed by atoms with E-state index in [2.05, 4.69) is 208 Å². The van der Waals surface area contributed by atoms with Crippen molar-refractivity contribution in [1.82, 2.24) is 0 Å². The molecule has 0 fully saturated rings. The molecule has 0 spiro atoms. The summed E-state index contributed by atoms with van der Waals surface area (Å²) >= 11 is 0. The van der Waals surface area contributed by atoms with Crippen molar-refractivity contribution in [1.29, 1.82) is 0 Å². The molecule has 10 aromatic carbocycles. The number of hydrogen-bond acceptors (Lipinski definition) is 0. The quantitative estimate of drug-likeness (QED) is 0.161. The lowest BCUT2D eigenvalue weighted by Gasteiger charge is -2.25. The second-order valence-electron chi connectivity index (χ2n) is 15.6. The van der Waals surface area contributed by atoms with Crippen molar-refractivity contribution in [2.75, 3.05) is 0 Å². The van der Waals surface area contributed by atoms with E-state index in [-0.39, 0.29) is 5.41 Å². The van der Waals surface area contributed by atoms with Gasteiger partial charge in [0.2, 0.25) is 0 Å². The molecule has 0 bridgehead atoms. The molecule has 0 saturated carbocycles. The maximum absolute atomic E-state index is 2.39. The van der Waals surface area contributed by atoms with E-state index in [1.807, 2.05) is 0 Å². The Hall–Kier alpha value is -6.76. The summed E-state index contributed by atoms with van der Waals surface area (Å²) in [6.45, 7) is 4.78. The summed E-state index contributed by atoms with van der Waals surface area (Å²) in [6, 6.07) is 72.1. The fraction of sp³-hybridized carbons (Fsp3) is 0.0545. The van der Waals surface area contributed by atoms with Gasteiger partial charge in [-0.3, -0.25) is 0 Å². The van der Waals surface area contributed by atoms with Crippen molar-refractivity contribution in [3.05, 3.63) is 205 Å². The van der Waals surface area contributed by atoms with Gasteiger partial charge in [-0.15, -0.1) is 0 Å². The summed E-state index contributed by atoms with van der Waals surface area (Å²) in [4.78, 5) is 0. The van der Waals surface area contributed by atoms with Gasteiger partial charge in [0, 0.05) is 5.41 Å². The minimum Gasteiger partial charge on any atom is -0.0616 e. The van der Waals surface area contributed by atoms with E-state index in [4.69, 9.17) is 0 Å². The van der Waals surface area contributed by atoms with Crippen molar-refractivity contribution < 1.29 is 0 Å². The topological polar surface area (TPSA) is 0 Å². The zero-order chi connectivity index (χ0) is 36.7. The second kappa shape index (κ2) is 12.1. The van der Waals surface area contributed by atoms with Crippen LogP contribution in [0.3, 0.4) is 0 Å². The molecule has 0 unspecified atom stereocenters. The maximum atomic E-state index is 2.39. The summed E-state index contributed by atoms with van der Waals surface area (Å²) in [6.07, 6.45) is 0. The fourth-order valence-corrected chi connectivity index (χ4v) is 9.75. The molecule has 1 aliphatic carbocycles. The van der Waals surface area contributed by atoms with Crippen molar-refractivity contribution in [3.63, 3.8) is 0 Å². The van der Waals surface area contributed by atoms with Gasteiger partial charge in [-0.25, -0.2) is 0 Å². The lowest BCUT2D eigenvalue weighted by atomic mass is 9.78. The third-order valence-electron chi connectivity index (χ3n) is 12.2. The minimum atomic E-state index is -0.116. The van der Waals surface area contributed by atoms with E-state index in [0.29, 0.717) is 0 Å². The lowest BCUT2D eigenvalue weighted by Crippen LogP contribution is -2.16. The summed E-state index contributed by atoms with van der Waals surface area (Å²) in [5.41, 5.74) is 15.5. The first-order valence-corrected chi connectivity index (χ1v) is 19.4. The average molecular weight is 699 g/mol. The van der Waals surface area contributed by atoms with Crippen LogP contribution in [0, 0.1) is 0 Å². The number of fused-ring (bicyclic) bond motifs is 8. The Morgan fingerprint density at radius 1 is 0.291 bits per heavy atom. The molecule has 55 heavy (non-hydrogen) atoms. The van der Waals surface area contributed by atoms with Crippen molar-refractivity contribution in [2.24, 2.45) is 0 Å². The van der Waals surface area contributed by atoms with Crippen molar-refractivity contribution in [3.8, 4) is 55.6 Å². The highest BCUT2D eigenvalue weighted by atomic mass is 14.4. The van der Waals surface area contributed by atoms with Gasteiger partial charge in [0.1, 0.15) is 0 Å². The summed E-state index contributed by atoms with van der Waals surface area (Å²) in [7, 11) is 0. The van der Waals surface area contributed by atoms with Gasteiger partial charge in [0.25, 0.3) is 0 Å². The van der Waals surface area contributed by atoms with Crippen molar-refractivity contribution in [2.45, 2.75) is 19.3 Å². The van der Waals surface area contributed by atoms with Gasteiger partial charge >= 0.3 is 0 Å². The van der Waals surface area contributed by atoms with Crippen LogP contribution < -0.4 is 0 Å². The predicted octanol–water partition coefficient (Wildman–Crippen LogP) is 15.3. The molecule has 0 saturated heterocycles. The largest absolute Gasteiger partial charge is 0.0616 e. The maximum Gasteiger partial charge on any atom is 0.0165 e. The highest BCUT2D eigenvalue weighted by Crippen LogP contribution is 2.54. The van der Waals surface area contributed by atoms with E-state index < -0.39 is 0 Å². The Bertz CT molecular complexity index is 3100. The molecule has 1 aliphatic rings. The van der Waals surface area contributed by atoms with Crippen molar-refractivity contribution >= 4 is 43.1 Å². The SMILES string of the molecule is CC1(C)c2ccc3ccccc3c2-c2cccc(-c3ccc(-c4c5ccccc5c(-c5ccccc5-c5ccc6ccccc6c5)c5ccccc45)cc3)c21. The van der Waals surface area contributed by atoms with Gasteiger partial charge < -0.3 is 0 Å². The van der Waals surface area contributed by atoms with Crippen LogP contribution in [0.15, 0.2) is 194 Å². The molecule has 258 valence electrons. The Labute approximate surface area is 322 Å². The van der Waals surface area contributed by atoms with Gasteiger partial charge in [-0.05, 0) is 116 Å². The molecule has 0 aliphatic heterocycles. The highest BCUT2D eigenvalue weighted by molar-refractivity contribution is 6.22. The van der Waals surface area contributed by atoms with Crippen LogP contribution >= 0.6 is 0 Å². The van der Waals surface area contributed by atoms with Crippen LogP contribution in [-0.2, 0) is 5.41 Å². The second-order valence-corrected chi connectivity index (χ2v) is 15.6.